The van der Waals surface area contributed by atoms with Gasteiger partial charge in [-0.25, -0.2) is 8.42 Å². The highest BCUT2D eigenvalue weighted by Gasteiger charge is 2.32. The van der Waals surface area contributed by atoms with E-state index >= 15 is 0 Å². The number of hydrogen-bond donors (Lipinski definition) is 0. The molecule has 2 amide bonds. The number of likely N-dealkylation sites (N-methyl/N-ethyl adjacent to an activating group) is 1. The van der Waals surface area contributed by atoms with E-state index < -0.39 is 10.0 Å². The quantitative estimate of drug-likeness (QED) is 0.668. The molecule has 0 bridgehead atoms. The number of nitrogens with zero attached hydrogens (tertiary/aromatic N) is 3. The van der Waals surface area contributed by atoms with E-state index in [1.807, 2.05) is 13.8 Å². The van der Waals surface area contributed by atoms with Crippen LogP contribution >= 0.6 is 0 Å². The Morgan fingerprint density at radius 2 is 1.86 bits per heavy atom. The van der Waals surface area contributed by atoms with E-state index in [1.54, 1.807) is 4.90 Å². The van der Waals surface area contributed by atoms with Crippen LogP contribution in [-0.2, 0) is 24.3 Å². The number of benzene rings is 1. The van der Waals surface area contributed by atoms with Crippen LogP contribution in [0.2, 0.25) is 0 Å². The first kappa shape index (κ1) is 20.6. The number of carbonyl (C=O) groups is 2. The molecule has 1 aromatic carbocycles. The van der Waals surface area contributed by atoms with Gasteiger partial charge in [0.25, 0.3) is 5.91 Å². The highest BCUT2D eigenvalue weighted by atomic mass is 32.2. The molecule has 10 heteroatoms. The van der Waals surface area contributed by atoms with Crippen LogP contribution in [0.3, 0.4) is 0 Å². The van der Waals surface area contributed by atoms with E-state index in [0.29, 0.717) is 37.7 Å². The Labute approximate surface area is 164 Å². The summed E-state index contributed by atoms with van der Waals surface area (Å²) in [6.07, 6.45) is 0. The molecular formula is C18H25N3O6S. The van der Waals surface area contributed by atoms with Gasteiger partial charge in [-0.3, -0.25) is 14.5 Å². The average Bonchev–Trinajstić information content (AvgIpc) is 2.71. The summed E-state index contributed by atoms with van der Waals surface area (Å²) in [7, 11) is -3.73. The van der Waals surface area contributed by atoms with Crippen molar-refractivity contribution in [2.24, 2.45) is 0 Å². The van der Waals surface area contributed by atoms with Gasteiger partial charge in [-0.15, -0.1) is 0 Å². The third kappa shape index (κ3) is 3.98. The predicted octanol–water partition coefficient (Wildman–Crippen LogP) is 0.301. The molecule has 0 aliphatic carbocycles. The average molecular weight is 411 g/mol. The topological polar surface area (TPSA) is 96.5 Å². The zero-order valence-corrected chi connectivity index (χ0v) is 16.9. The molecule has 0 unspecified atom stereocenters. The summed E-state index contributed by atoms with van der Waals surface area (Å²) in [5, 5.41) is 0. The van der Waals surface area contributed by atoms with Crippen molar-refractivity contribution in [1.29, 1.82) is 0 Å². The molecule has 1 fully saturated rings. The van der Waals surface area contributed by atoms with Crippen LogP contribution in [0.25, 0.3) is 0 Å². The van der Waals surface area contributed by atoms with Gasteiger partial charge in [0.1, 0.15) is 12.3 Å². The zero-order valence-electron chi connectivity index (χ0n) is 16.1. The van der Waals surface area contributed by atoms with Gasteiger partial charge in [0.2, 0.25) is 15.9 Å². The Bertz CT molecular complexity index is 847. The van der Waals surface area contributed by atoms with Crippen molar-refractivity contribution in [3.63, 3.8) is 0 Å². The number of rotatable bonds is 6. The number of carbonyl (C=O) groups excluding carboxylic acids is 2. The Morgan fingerprint density at radius 3 is 2.50 bits per heavy atom. The summed E-state index contributed by atoms with van der Waals surface area (Å²) in [5.41, 5.74) is 0.297. The molecule has 2 heterocycles. The minimum Gasteiger partial charge on any atom is -0.482 e. The molecule has 2 aliphatic rings. The maximum absolute atomic E-state index is 12.9. The van der Waals surface area contributed by atoms with Crippen molar-refractivity contribution in [1.82, 2.24) is 9.21 Å². The molecule has 0 aromatic heterocycles. The van der Waals surface area contributed by atoms with Gasteiger partial charge in [0.15, 0.2) is 6.61 Å². The van der Waals surface area contributed by atoms with Gasteiger partial charge >= 0.3 is 0 Å². The number of sulfonamides is 1. The molecule has 28 heavy (non-hydrogen) atoms. The first-order valence-corrected chi connectivity index (χ1v) is 10.7. The molecule has 9 nitrogen and oxygen atoms in total. The second kappa shape index (κ2) is 8.46. The maximum Gasteiger partial charge on any atom is 0.265 e. The van der Waals surface area contributed by atoms with Crippen LogP contribution in [0.15, 0.2) is 23.1 Å². The molecule has 1 aromatic rings. The fraction of sp³-hybridized carbons (Fsp3) is 0.556. The van der Waals surface area contributed by atoms with E-state index in [0.717, 1.165) is 0 Å². The standard InChI is InChI=1S/C18H25N3O6S/c1-3-19(4-2)17(22)12-21-15-11-14(5-6-16(15)27-13-18(21)23)28(24,25)20-7-9-26-10-8-20/h5-6,11H,3-4,7-10,12-13H2,1-2H3. The van der Waals surface area contributed by atoms with Crippen LogP contribution < -0.4 is 9.64 Å². The largest absolute Gasteiger partial charge is 0.482 e. The minimum atomic E-state index is -3.73. The van der Waals surface area contributed by atoms with Crippen molar-refractivity contribution in [2.45, 2.75) is 18.7 Å². The van der Waals surface area contributed by atoms with E-state index in [-0.39, 0.29) is 43.0 Å². The molecule has 0 saturated carbocycles. The molecule has 3 rings (SSSR count). The van der Waals surface area contributed by atoms with Gasteiger partial charge in [-0.2, -0.15) is 4.31 Å². The van der Waals surface area contributed by atoms with Crippen molar-refractivity contribution in [2.75, 3.05) is 57.4 Å². The third-order valence-corrected chi connectivity index (χ3v) is 6.79. The Kier molecular flexibility index (Phi) is 6.21. The predicted molar refractivity (Wildman–Crippen MR) is 102 cm³/mol. The summed E-state index contributed by atoms with van der Waals surface area (Å²) in [6.45, 7) is 5.70. The molecule has 0 spiro atoms. The Morgan fingerprint density at radius 1 is 1.18 bits per heavy atom. The van der Waals surface area contributed by atoms with E-state index in [1.165, 1.54) is 27.4 Å². The molecule has 2 aliphatic heterocycles. The number of fused-ring (bicyclic) bond motifs is 1. The second-order valence-electron chi connectivity index (χ2n) is 6.48. The maximum atomic E-state index is 12.9. The van der Waals surface area contributed by atoms with E-state index in [4.69, 9.17) is 9.47 Å². The van der Waals surface area contributed by atoms with Crippen molar-refractivity contribution in [3.8, 4) is 5.75 Å². The number of amides is 2. The zero-order chi connectivity index (χ0) is 20.3. The number of anilines is 1. The van der Waals surface area contributed by atoms with Gasteiger partial charge in [-0.1, -0.05) is 0 Å². The molecule has 1 saturated heterocycles. The monoisotopic (exact) mass is 411 g/mol. The molecular weight excluding hydrogens is 386 g/mol. The molecule has 0 N–H and O–H groups in total. The van der Waals surface area contributed by atoms with Crippen LogP contribution in [0.1, 0.15) is 13.8 Å². The lowest BCUT2D eigenvalue weighted by Crippen LogP contribution is -2.46. The molecule has 154 valence electrons. The Balaban J connectivity index is 1.92. The van der Waals surface area contributed by atoms with Crippen LogP contribution in [0, 0.1) is 0 Å². The van der Waals surface area contributed by atoms with E-state index in [9.17, 15) is 18.0 Å². The number of hydrogen-bond acceptors (Lipinski definition) is 6. The molecule has 0 radical (unpaired) electrons. The van der Waals surface area contributed by atoms with Crippen molar-refractivity contribution < 1.29 is 27.5 Å². The minimum absolute atomic E-state index is 0.0618. The highest BCUT2D eigenvalue weighted by molar-refractivity contribution is 7.89. The Hall–Kier alpha value is -2.17. The summed E-state index contributed by atoms with van der Waals surface area (Å²) in [6, 6.07) is 4.40. The summed E-state index contributed by atoms with van der Waals surface area (Å²) >= 11 is 0. The lowest BCUT2D eigenvalue weighted by atomic mass is 10.2. The van der Waals surface area contributed by atoms with Gasteiger partial charge in [0, 0.05) is 26.2 Å². The normalized spacial score (nSPS) is 17.8. The highest BCUT2D eigenvalue weighted by Crippen LogP contribution is 2.35. The first-order valence-electron chi connectivity index (χ1n) is 9.31. The summed E-state index contributed by atoms with van der Waals surface area (Å²) < 4.78 is 37.9. The lowest BCUT2D eigenvalue weighted by Gasteiger charge is -2.31. The van der Waals surface area contributed by atoms with Gasteiger partial charge in [-0.05, 0) is 32.0 Å². The van der Waals surface area contributed by atoms with Crippen LogP contribution in [0.5, 0.6) is 5.75 Å². The van der Waals surface area contributed by atoms with Crippen LogP contribution in [0.4, 0.5) is 5.69 Å². The van der Waals surface area contributed by atoms with E-state index in [2.05, 4.69) is 0 Å². The lowest BCUT2D eigenvalue weighted by molar-refractivity contribution is -0.131. The first-order chi connectivity index (χ1) is 13.4. The van der Waals surface area contributed by atoms with Crippen molar-refractivity contribution >= 4 is 27.5 Å². The summed E-state index contributed by atoms with van der Waals surface area (Å²) in [5.74, 6) is -0.200. The second-order valence-corrected chi connectivity index (χ2v) is 8.42. The SMILES string of the molecule is CCN(CC)C(=O)CN1C(=O)COc2ccc(S(=O)(=O)N3CCOCC3)cc21. The molecule has 0 atom stereocenters. The van der Waals surface area contributed by atoms with Gasteiger partial charge < -0.3 is 14.4 Å². The van der Waals surface area contributed by atoms with Crippen LogP contribution in [-0.4, -0.2) is 82.0 Å². The van der Waals surface area contributed by atoms with Gasteiger partial charge in [0.05, 0.1) is 23.8 Å². The fourth-order valence-corrected chi connectivity index (χ4v) is 4.69. The smallest absolute Gasteiger partial charge is 0.265 e. The third-order valence-electron chi connectivity index (χ3n) is 4.89. The van der Waals surface area contributed by atoms with Crippen molar-refractivity contribution in [3.05, 3.63) is 18.2 Å². The number of morpholine rings is 1. The number of ether oxygens (including phenoxy) is 2. The fourth-order valence-electron chi connectivity index (χ4n) is 3.26. The summed E-state index contributed by atoms with van der Waals surface area (Å²) in [4.78, 5) is 27.9.